The van der Waals surface area contributed by atoms with Gasteiger partial charge in [-0.05, 0) is 37.5 Å². The molecule has 0 fully saturated rings. The fourth-order valence-electron chi connectivity index (χ4n) is 2.82. The van der Waals surface area contributed by atoms with E-state index in [2.05, 4.69) is 43.1 Å². The van der Waals surface area contributed by atoms with E-state index in [1.807, 2.05) is 35.0 Å². The summed E-state index contributed by atoms with van der Waals surface area (Å²) >= 11 is 0. The molecule has 136 valence electrons. The van der Waals surface area contributed by atoms with E-state index in [0.717, 1.165) is 22.3 Å². The Balaban J connectivity index is 1.66. The molecular formula is C20H24N4O2. The smallest absolute Gasteiger partial charge is 0.262 e. The number of ether oxygens (including phenoxy) is 1. The second kappa shape index (κ2) is 7.56. The van der Waals surface area contributed by atoms with Crippen LogP contribution in [0.3, 0.4) is 0 Å². The van der Waals surface area contributed by atoms with E-state index in [4.69, 9.17) is 4.74 Å². The molecule has 3 aromatic rings. The Morgan fingerprint density at radius 3 is 2.69 bits per heavy atom. The minimum Gasteiger partial charge on any atom is -0.483 e. The lowest BCUT2D eigenvalue weighted by atomic mass is 10.0. The van der Waals surface area contributed by atoms with Crippen LogP contribution in [0.5, 0.6) is 5.75 Å². The fraction of sp³-hybridized carbons (Fsp3) is 0.350. The average Bonchev–Trinajstić information content (AvgIpc) is 3.03. The molecular weight excluding hydrogens is 328 g/mol. The van der Waals surface area contributed by atoms with Crippen molar-refractivity contribution >= 4 is 22.6 Å². The molecule has 0 spiro atoms. The molecule has 0 aliphatic heterocycles. The first kappa shape index (κ1) is 17.9. The third kappa shape index (κ3) is 3.85. The zero-order valence-corrected chi connectivity index (χ0v) is 15.6. The summed E-state index contributed by atoms with van der Waals surface area (Å²) in [7, 11) is 0. The first-order chi connectivity index (χ1) is 12.5. The molecule has 1 aromatic carbocycles. The number of pyridine rings is 1. The first-order valence-electron chi connectivity index (χ1n) is 8.80. The Labute approximate surface area is 153 Å². The van der Waals surface area contributed by atoms with Gasteiger partial charge in [0.1, 0.15) is 5.75 Å². The zero-order valence-electron chi connectivity index (χ0n) is 15.6. The third-order valence-electron chi connectivity index (χ3n) is 4.11. The SMILES string of the molecule is CC(C)c1ccccc1OCC(=O)Nc1cnc2c(cnn2C(C)C)c1. The van der Waals surface area contributed by atoms with Crippen LogP contribution in [-0.4, -0.2) is 27.3 Å². The molecule has 6 nitrogen and oxygen atoms in total. The second-order valence-electron chi connectivity index (χ2n) is 6.85. The highest BCUT2D eigenvalue weighted by atomic mass is 16.5. The van der Waals surface area contributed by atoms with E-state index in [1.54, 1.807) is 12.4 Å². The normalized spacial score (nSPS) is 11.3. The van der Waals surface area contributed by atoms with Crippen LogP contribution in [0, 0.1) is 0 Å². The number of carbonyl (C=O) groups excluding carboxylic acids is 1. The van der Waals surface area contributed by atoms with Gasteiger partial charge in [-0.15, -0.1) is 0 Å². The number of para-hydroxylation sites is 1. The Hall–Kier alpha value is -2.89. The van der Waals surface area contributed by atoms with Crippen molar-refractivity contribution in [2.75, 3.05) is 11.9 Å². The molecule has 26 heavy (non-hydrogen) atoms. The number of hydrogen-bond donors (Lipinski definition) is 1. The molecule has 2 heterocycles. The highest BCUT2D eigenvalue weighted by Crippen LogP contribution is 2.26. The summed E-state index contributed by atoms with van der Waals surface area (Å²) in [6.45, 7) is 8.25. The summed E-state index contributed by atoms with van der Waals surface area (Å²) in [5.74, 6) is 0.851. The van der Waals surface area contributed by atoms with Gasteiger partial charge in [-0.1, -0.05) is 32.0 Å². The number of hydrogen-bond acceptors (Lipinski definition) is 4. The molecule has 0 bridgehead atoms. The van der Waals surface area contributed by atoms with Crippen molar-refractivity contribution in [3.63, 3.8) is 0 Å². The summed E-state index contributed by atoms with van der Waals surface area (Å²) in [6.07, 6.45) is 3.40. The number of fused-ring (bicyclic) bond motifs is 1. The van der Waals surface area contributed by atoms with Crippen LogP contribution in [0.25, 0.3) is 11.0 Å². The molecule has 0 aliphatic carbocycles. The van der Waals surface area contributed by atoms with Crippen molar-refractivity contribution in [1.29, 1.82) is 0 Å². The topological polar surface area (TPSA) is 69.0 Å². The quantitative estimate of drug-likeness (QED) is 0.723. The van der Waals surface area contributed by atoms with Crippen LogP contribution in [0.15, 0.2) is 42.7 Å². The molecule has 2 aromatic heterocycles. The molecule has 1 N–H and O–H groups in total. The monoisotopic (exact) mass is 352 g/mol. The highest BCUT2D eigenvalue weighted by Gasteiger charge is 2.11. The van der Waals surface area contributed by atoms with Gasteiger partial charge in [0.05, 0.1) is 18.1 Å². The van der Waals surface area contributed by atoms with Gasteiger partial charge >= 0.3 is 0 Å². The van der Waals surface area contributed by atoms with Crippen molar-refractivity contribution < 1.29 is 9.53 Å². The number of aromatic nitrogens is 3. The van der Waals surface area contributed by atoms with E-state index in [9.17, 15) is 4.79 Å². The maximum atomic E-state index is 12.2. The van der Waals surface area contributed by atoms with Gasteiger partial charge in [0.2, 0.25) is 0 Å². The minimum absolute atomic E-state index is 0.0486. The lowest BCUT2D eigenvalue weighted by Gasteiger charge is -2.13. The van der Waals surface area contributed by atoms with Gasteiger partial charge in [0, 0.05) is 11.4 Å². The summed E-state index contributed by atoms with van der Waals surface area (Å²) in [5, 5.41) is 8.05. The number of anilines is 1. The Kier molecular flexibility index (Phi) is 5.21. The Bertz CT molecular complexity index is 915. The van der Waals surface area contributed by atoms with Crippen molar-refractivity contribution in [1.82, 2.24) is 14.8 Å². The largest absolute Gasteiger partial charge is 0.483 e. The molecule has 3 rings (SSSR count). The second-order valence-corrected chi connectivity index (χ2v) is 6.85. The molecule has 6 heteroatoms. The lowest BCUT2D eigenvalue weighted by Crippen LogP contribution is -2.20. The van der Waals surface area contributed by atoms with Crippen LogP contribution < -0.4 is 10.1 Å². The summed E-state index contributed by atoms with van der Waals surface area (Å²) in [4.78, 5) is 16.6. The van der Waals surface area contributed by atoms with E-state index >= 15 is 0 Å². The van der Waals surface area contributed by atoms with Gasteiger partial charge < -0.3 is 10.1 Å². The molecule has 0 atom stereocenters. The predicted octanol–water partition coefficient (Wildman–Crippen LogP) is 4.15. The molecule has 0 aliphatic rings. The highest BCUT2D eigenvalue weighted by molar-refractivity contribution is 5.93. The number of amides is 1. The number of benzene rings is 1. The van der Waals surface area contributed by atoms with Crippen LogP contribution in [0.1, 0.15) is 45.2 Å². The van der Waals surface area contributed by atoms with Crippen molar-refractivity contribution in [2.24, 2.45) is 0 Å². The van der Waals surface area contributed by atoms with Crippen molar-refractivity contribution in [3.8, 4) is 5.75 Å². The standard InChI is InChI=1S/C20H24N4O2/c1-13(2)17-7-5-6-8-18(17)26-12-19(25)23-16-9-15-10-22-24(14(3)4)20(15)21-11-16/h5-11,13-14H,12H2,1-4H3,(H,23,25). The number of nitrogens with zero attached hydrogens (tertiary/aromatic N) is 3. The van der Waals surface area contributed by atoms with Gasteiger partial charge in [0.15, 0.2) is 12.3 Å². The van der Waals surface area contributed by atoms with Crippen LogP contribution in [0.2, 0.25) is 0 Å². The van der Waals surface area contributed by atoms with Gasteiger partial charge in [-0.2, -0.15) is 5.10 Å². The molecule has 1 amide bonds. The van der Waals surface area contributed by atoms with Gasteiger partial charge in [-0.25, -0.2) is 9.67 Å². The van der Waals surface area contributed by atoms with E-state index in [0.29, 0.717) is 11.6 Å². The third-order valence-corrected chi connectivity index (χ3v) is 4.11. The maximum Gasteiger partial charge on any atom is 0.262 e. The van der Waals surface area contributed by atoms with E-state index in [1.165, 1.54) is 0 Å². The van der Waals surface area contributed by atoms with Gasteiger partial charge in [0.25, 0.3) is 5.91 Å². The number of rotatable bonds is 6. The van der Waals surface area contributed by atoms with Crippen molar-refractivity contribution in [3.05, 3.63) is 48.3 Å². The molecule has 0 radical (unpaired) electrons. The van der Waals surface area contributed by atoms with Gasteiger partial charge in [-0.3, -0.25) is 4.79 Å². The molecule has 0 saturated heterocycles. The van der Waals surface area contributed by atoms with E-state index in [-0.39, 0.29) is 18.6 Å². The minimum atomic E-state index is -0.221. The number of nitrogens with one attached hydrogen (secondary N) is 1. The van der Waals surface area contributed by atoms with Crippen LogP contribution in [-0.2, 0) is 4.79 Å². The lowest BCUT2D eigenvalue weighted by molar-refractivity contribution is -0.118. The molecule has 0 saturated carbocycles. The first-order valence-corrected chi connectivity index (χ1v) is 8.80. The molecule has 0 unspecified atom stereocenters. The summed E-state index contributed by atoms with van der Waals surface area (Å²) in [6, 6.07) is 9.88. The van der Waals surface area contributed by atoms with Crippen LogP contribution >= 0.6 is 0 Å². The van der Waals surface area contributed by atoms with E-state index < -0.39 is 0 Å². The van der Waals surface area contributed by atoms with Crippen LogP contribution in [0.4, 0.5) is 5.69 Å². The fourth-order valence-corrected chi connectivity index (χ4v) is 2.82. The maximum absolute atomic E-state index is 12.2. The van der Waals surface area contributed by atoms with Crippen molar-refractivity contribution in [2.45, 2.75) is 39.7 Å². The summed E-state index contributed by atoms with van der Waals surface area (Å²) in [5.41, 5.74) is 2.52. The average molecular weight is 352 g/mol. The predicted molar refractivity (Wildman–Crippen MR) is 103 cm³/mol. The summed E-state index contributed by atoms with van der Waals surface area (Å²) < 4.78 is 7.56. The Morgan fingerprint density at radius 2 is 1.96 bits per heavy atom. The number of carbonyl (C=O) groups is 1. The Morgan fingerprint density at radius 1 is 1.19 bits per heavy atom. The zero-order chi connectivity index (χ0) is 18.7.